The number of carbonyl (C=O) groups is 1. The smallest absolute Gasteiger partial charge is 0.416 e. The van der Waals surface area contributed by atoms with Gasteiger partial charge in [0, 0.05) is 0 Å². The molecule has 0 radical (unpaired) electrons. The van der Waals surface area contributed by atoms with E-state index in [9.17, 15) is 18.0 Å². The van der Waals surface area contributed by atoms with Crippen molar-refractivity contribution in [1.29, 1.82) is 0 Å². The van der Waals surface area contributed by atoms with Gasteiger partial charge in [-0.1, -0.05) is 26.0 Å². The lowest BCUT2D eigenvalue weighted by atomic mass is 9.84. The van der Waals surface area contributed by atoms with Gasteiger partial charge in [0.15, 0.2) is 0 Å². The van der Waals surface area contributed by atoms with Crippen LogP contribution in [0.15, 0.2) is 42.5 Å². The number of halogens is 3. The standard InChI is InChI=1S/C20H19F3O4.C2H6/c21-20(22,23)16-2-1-3-17(12-16)26-8-9-27-18-7-6-13-10-15(19(24)25)5-4-14(13)11-18;1-2/h1-3,6-7,11-12,15H,4-5,8-10H2,(H,24,25);1-2H3. The van der Waals surface area contributed by atoms with E-state index in [-0.39, 0.29) is 24.9 Å². The van der Waals surface area contributed by atoms with E-state index >= 15 is 0 Å². The summed E-state index contributed by atoms with van der Waals surface area (Å²) in [7, 11) is 0. The molecule has 1 aliphatic carbocycles. The fourth-order valence-corrected chi connectivity index (χ4v) is 3.11. The van der Waals surface area contributed by atoms with Gasteiger partial charge in [-0.15, -0.1) is 0 Å². The highest BCUT2D eigenvalue weighted by Gasteiger charge is 2.30. The van der Waals surface area contributed by atoms with Crippen LogP contribution < -0.4 is 9.47 Å². The van der Waals surface area contributed by atoms with Gasteiger partial charge in [0.2, 0.25) is 0 Å². The Balaban J connectivity index is 0.00000145. The van der Waals surface area contributed by atoms with E-state index in [4.69, 9.17) is 14.6 Å². The van der Waals surface area contributed by atoms with Crippen LogP contribution in [0, 0.1) is 5.92 Å². The Morgan fingerprint density at radius 2 is 1.69 bits per heavy atom. The Hall–Kier alpha value is -2.70. The number of carboxylic acid groups (broad SMARTS) is 1. The molecular formula is C22H25F3O4. The number of carboxylic acids is 1. The topological polar surface area (TPSA) is 55.8 Å². The van der Waals surface area contributed by atoms with E-state index in [1.807, 2.05) is 26.0 Å². The molecule has 29 heavy (non-hydrogen) atoms. The van der Waals surface area contributed by atoms with E-state index in [1.165, 1.54) is 12.1 Å². The third-order valence-electron chi connectivity index (χ3n) is 4.54. The van der Waals surface area contributed by atoms with Crippen molar-refractivity contribution in [3.63, 3.8) is 0 Å². The summed E-state index contributed by atoms with van der Waals surface area (Å²) < 4.78 is 48.9. The van der Waals surface area contributed by atoms with Gasteiger partial charge in [-0.25, -0.2) is 0 Å². The van der Waals surface area contributed by atoms with Crippen LogP contribution in [0.1, 0.15) is 37.0 Å². The minimum absolute atomic E-state index is 0.111. The largest absolute Gasteiger partial charge is 0.490 e. The average Bonchev–Trinajstić information content (AvgIpc) is 2.72. The second-order valence-corrected chi connectivity index (χ2v) is 6.43. The van der Waals surface area contributed by atoms with Crippen molar-refractivity contribution >= 4 is 5.97 Å². The fraction of sp³-hybridized carbons (Fsp3) is 0.409. The zero-order chi connectivity index (χ0) is 21.4. The number of alkyl halides is 3. The molecular weight excluding hydrogens is 385 g/mol. The Kier molecular flexibility index (Phi) is 7.93. The second kappa shape index (κ2) is 10.2. The summed E-state index contributed by atoms with van der Waals surface area (Å²) in [4.78, 5) is 11.1. The molecule has 0 saturated carbocycles. The summed E-state index contributed by atoms with van der Waals surface area (Å²) in [6.07, 6.45) is -2.60. The minimum atomic E-state index is -4.40. The second-order valence-electron chi connectivity index (χ2n) is 6.43. The lowest BCUT2D eigenvalue weighted by Gasteiger charge is -2.22. The molecule has 0 aromatic heterocycles. The van der Waals surface area contributed by atoms with Gasteiger partial charge in [-0.2, -0.15) is 13.2 Å². The molecule has 0 amide bonds. The van der Waals surface area contributed by atoms with Crippen LogP contribution in [0.2, 0.25) is 0 Å². The molecule has 2 aromatic carbocycles. The molecule has 3 rings (SSSR count). The van der Waals surface area contributed by atoms with Crippen LogP contribution in [-0.4, -0.2) is 24.3 Å². The number of benzene rings is 2. The van der Waals surface area contributed by atoms with Crippen molar-refractivity contribution in [2.75, 3.05) is 13.2 Å². The van der Waals surface area contributed by atoms with Crippen LogP contribution in [0.5, 0.6) is 11.5 Å². The monoisotopic (exact) mass is 410 g/mol. The molecule has 7 heteroatoms. The molecule has 1 aliphatic rings. The van der Waals surface area contributed by atoms with Gasteiger partial charge in [0.1, 0.15) is 24.7 Å². The van der Waals surface area contributed by atoms with E-state index in [2.05, 4.69) is 0 Å². The van der Waals surface area contributed by atoms with Crippen LogP contribution in [0.25, 0.3) is 0 Å². The Morgan fingerprint density at radius 3 is 2.31 bits per heavy atom. The number of ether oxygens (including phenoxy) is 2. The summed E-state index contributed by atoms with van der Waals surface area (Å²) >= 11 is 0. The normalized spacial score (nSPS) is 15.6. The first-order valence-electron chi connectivity index (χ1n) is 9.60. The molecule has 0 saturated heterocycles. The van der Waals surface area contributed by atoms with Gasteiger partial charge in [-0.05, 0) is 60.7 Å². The SMILES string of the molecule is CC.O=C(O)C1CCc2cc(OCCOc3cccc(C(F)(F)F)c3)ccc2C1. The first-order chi connectivity index (χ1) is 13.8. The number of hydrogen-bond acceptors (Lipinski definition) is 3. The average molecular weight is 410 g/mol. The van der Waals surface area contributed by atoms with Crippen molar-refractivity contribution in [3.05, 3.63) is 59.2 Å². The van der Waals surface area contributed by atoms with E-state index in [1.54, 1.807) is 6.07 Å². The number of rotatable bonds is 6. The van der Waals surface area contributed by atoms with Gasteiger partial charge < -0.3 is 14.6 Å². The number of hydrogen-bond donors (Lipinski definition) is 1. The molecule has 2 aromatic rings. The van der Waals surface area contributed by atoms with E-state index in [0.29, 0.717) is 25.0 Å². The minimum Gasteiger partial charge on any atom is -0.490 e. The zero-order valence-corrected chi connectivity index (χ0v) is 16.5. The van der Waals surface area contributed by atoms with Crippen LogP contribution in [-0.2, 0) is 23.8 Å². The molecule has 0 spiro atoms. The Bertz CT molecular complexity index is 818. The molecule has 158 valence electrons. The molecule has 1 N–H and O–H groups in total. The number of aliphatic carboxylic acids is 1. The predicted octanol–water partition coefficient (Wildman–Crippen LogP) is 5.38. The van der Waals surface area contributed by atoms with Crippen LogP contribution in [0.4, 0.5) is 13.2 Å². The molecule has 0 fully saturated rings. The van der Waals surface area contributed by atoms with Crippen molar-refractivity contribution < 1.29 is 32.5 Å². The molecule has 1 unspecified atom stereocenters. The fourth-order valence-electron chi connectivity index (χ4n) is 3.11. The van der Waals surface area contributed by atoms with Gasteiger partial charge in [0.05, 0.1) is 11.5 Å². The Morgan fingerprint density at radius 1 is 1.03 bits per heavy atom. The maximum atomic E-state index is 12.7. The van der Waals surface area contributed by atoms with Crippen molar-refractivity contribution in [1.82, 2.24) is 0 Å². The summed E-state index contributed by atoms with van der Waals surface area (Å²) in [5, 5.41) is 9.12. The highest BCUT2D eigenvalue weighted by Crippen LogP contribution is 2.31. The summed E-state index contributed by atoms with van der Waals surface area (Å²) in [5.74, 6) is -0.341. The number of fused-ring (bicyclic) bond motifs is 1. The number of aryl methyl sites for hydroxylation is 1. The predicted molar refractivity (Wildman–Crippen MR) is 103 cm³/mol. The van der Waals surface area contributed by atoms with Gasteiger partial charge in [-0.3, -0.25) is 4.79 Å². The van der Waals surface area contributed by atoms with Gasteiger partial charge in [0.25, 0.3) is 0 Å². The molecule has 0 heterocycles. The maximum absolute atomic E-state index is 12.7. The first-order valence-corrected chi connectivity index (χ1v) is 9.60. The van der Waals surface area contributed by atoms with Crippen LogP contribution in [0.3, 0.4) is 0 Å². The quantitative estimate of drug-likeness (QED) is 0.650. The highest BCUT2D eigenvalue weighted by atomic mass is 19.4. The summed E-state index contributed by atoms with van der Waals surface area (Å²) in [6, 6.07) is 10.2. The zero-order valence-electron chi connectivity index (χ0n) is 16.5. The lowest BCUT2D eigenvalue weighted by Crippen LogP contribution is -2.22. The molecule has 0 bridgehead atoms. The van der Waals surface area contributed by atoms with Crippen LogP contribution >= 0.6 is 0 Å². The van der Waals surface area contributed by atoms with Gasteiger partial charge >= 0.3 is 12.1 Å². The summed E-state index contributed by atoms with van der Waals surface area (Å²) in [5.41, 5.74) is 1.33. The summed E-state index contributed by atoms with van der Waals surface area (Å²) in [6.45, 7) is 4.30. The lowest BCUT2D eigenvalue weighted by molar-refractivity contribution is -0.142. The first kappa shape index (κ1) is 22.6. The van der Waals surface area contributed by atoms with E-state index < -0.39 is 17.7 Å². The van der Waals surface area contributed by atoms with Crippen molar-refractivity contribution in [2.24, 2.45) is 5.92 Å². The van der Waals surface area contributed by atoms with Crippen molar-refractivity contribution in [3.8, 4) is 11.5 Å². The third kappa shape index (κ3) is 6.41. The van der Waals surface area contributed by atoms with E-state index in [0.717, 1.165) is 23.3 Å². The van der Waals surface area contributed by atoms with Crippen molar-refractivity contribution in [2.45, 2.75) is 39.3 Å². The Labute approximate surface area is 168 Å². The molecule has 1 atom stereocenters. The molecule has 0 aliphatic heterocycles. The maximum Gasteiger partial charge on any atom is 0.416 e. The highest BCUT2D eigenvalue weighted by molar-refractivity contribution is 5.71. The third-order valence-corrected chi connectivity index (χ3v) is 4.54. The molecule has 4 nitrogen and oxygen atoms in total.